The first-order chi connectivity index (χ1) is 30.5. The number of nitrogens with one attached hydrogen (secondary N) is 1. The molecule has 7 N–H and O–H groups in total. The molecule has 3 saturated carbocycles. The van der Waals surface area contributed by atoms with Gasteiger partial charge >= 0.3 is 17.9 Å². The molecule has 0 aromatic rings. The molecule has 66 heavy (non-hydrogen) atoms. The third-order valence-electron chi connectivity index (χ3n) is 17.0. The first-order valence-electron chi connectivity index (χ1n) is 23.9. The number of ketones is 1. The summed E-state index contributed by atoms with van der Waals surface area (Å²) in [6, 6.07) is -0.699. The van der Waals surface area contributed by atoms with Gasteiger partial charge in [-0.25, -0.2) is 13.6 Å². The van der Waals surface area contributed by atoms with E-state index in [-0.39, 0.29) is 56.6 Å². The molecule has 4 fully saturated rings. The Bertz CT molecular complexity index is 1860. The SMILES string of the molecule is CC[C@H]1OC(=O)[C@H](C)[C@@H](O)[C@H](C)[C@@H](O)[C@](C)(O)C[C@@H](C)CN(CCCNCCC(=O)O[C@]2(C(=O)OC)[C@H](C)CC3C4C[C@H](F)C5=CC(=O)C=C[C@]5(C)[C@@]4(F)[C@@H](O)C[C@@]32C)[C@H](C)[C@@H](O)[C@]1(C)O. The molecule has 0 aromatic heterocycles. The van der Waals surface area contributed by atoms with Gasteiger partial charge in [0.25, 0.3) is 0 Å². The highest BCUT2D eigenvalue weighted by Gasteiger charge is 2.78. The molecule has 0 amide bonds. The van der Waals surface area contributed by atoms with Gasteiger partial charge in [-0.3, -0.25) is 19.3 Å². The number of hydrogen-bond acceptors (Lipinski definition) is 15. The maximum atomic E-state index is 17.8. The first-order valence-corrected chi connectivity index (χ1v) is 23.9. The van der Waals surface area contributed by atoms with Gasteiger partial charge in [0.2, 0.25) is 5.60 Å². The molecule has 4 aliphatic carbocycles. The number of cyclic esters (lactones) is 1. The third kappa shape index (κ3) is 9.17. The summed E-state index contributed by atoms with van der Waals surface area (Å²) in [7, 11) is 1.17. The van der Waals surface area contributed by atoms with Gasteiger partial charge in [-0.1, -0.05) is 40.7 Å². The molecule has 0 spiro atoms. The van der Waals surface area contributed by atoms with Crippen LogP contribution in [0.25, 0.3) is 0 Å². The maximum Gasteiger partial charge on any atom is 0.351 e. The lowest BCUT2D eigenvalue weighted by molar-refractivity contribution is -0.238. The number of hydrogen-bond donors (Lipinski definition) is 7. The van der Waals surface area contributed by atoms with Gasteiger partial charge in [0.1, 0.15) is 24.0 Å². The second-order valence-corrected chi connectivity index (χ2v) is 21.5. The van der Waals surface area contributed by atoms with Gasteiger partial charge < -0.3 is 50.2 Å². The molecule has 1 aliphatic heterocycles. The van der Waals surface area contributed by atoms with Crippen LogP contribution in [0.1, 0.15) is 114 Å². The zero-order valence-corrected chi connectivity index (χ0v) is 40.8. The lowest BCUT2D eigenvalue weighted by Gasteiger charge is -2.63. The smallest absolute Gasteiger partial charge is 0.351 e. The first kappa shape index (κ1) is 54.0. The van der Waals surface area contributed by atoms with Crippen molar-refractivity contribution in [3.05, 3.63) is 23.8 Å². The molecule has 1 heterocycles. The summed E-state index contributed by atoms with van der Waals surface area (Å²) in [5.41, 5.74) is -10.9. The van der Waals surface area contributed by atoms with E-state index in [1.807, 2.05) is 11.8 Å². The Hall–Kier alpha value is -2.90. The summed E-state index contributed by atoms with van der Waals surface area (Å²) >= 11 is 0. The van der Waals surface area contributed by atoms with Crippen LogP contribution in [0.5, 0.6) is 0 Å². The molecular weight excluding hydrogens is 863 g/mol. The maximum absolute atomic E-state index is 17.8. The van der Waals surface area contributed by atoms with Gasteiger partial charge in [0.15, 0.2) is 11.5 Å². The Kier molecular flexibility index (Phi) is 16.2. The number of carbonyl (C=O) groups is 4. The van der Waals surface area contributed by atoms with Crippen LogP contribution in [0.15, 0.2) is 23.8 Å². The number of aliphatic hydroxyl groups excluding tert-OH is 4. The van der Waals surface area contributed by atoms with Crippen molar-refractivity contribution in [3.63, 3.8) is 0 Å². The minimum atomic E-state index is -2.38. The number of allylic oxidation sites excluding steroid dienone is 4. The van der Waals surface area contributed by atoms with E-state index in [1.165, 1.54) is 47.0 Å². The Morgan fingerprint density at radius 3 is 2.23 bits per heavy atom. The number of nitrogens with zero attached hydrogens (tertiary/aromatic N) is 1. The van der Waals surface area contributed by atoms with Crippen LogP contribution in [0.3, 0.4) is 0 Å². The average molecular weight is 941 g/mol. The summed E-state index contributed by atoms with van der Waals surface area (Å²) < 4.78 is 51.0. The van der Waals surface area contributed by atoms with Crippen LogP contribution in [0, 0.1) is 46.3 Å². The van der Waals surface area contributed by atoms with Crippen LogP contribution in [0.2, 0.25) is 0 Å². The number of ether oxygens (including phenoxy) is 3. The molecule has 2 unspecified atom stereocenters. The largest absolute Gasteiger partial charge is 0.466 e. The number of carbonyl (C=O) groups excluding carboxylic acids is 4. The van der Waals surface area contributed by atoms with Crippen molar-refractivity contribution in [2.45, 2.75) is 179 Å². The summed E-state index contributed by atoms with van der Waals surface area (Å²) in [4.78, 5) is 55.2. The molecule has 1 saturated heterocycles. The van der Waals surface area contributed by atoms with E-state index in [1.54, 1.807) is 34.6 Å². The van der Waals surface area contributed by atoms with Crippen molar-refractivity contribution in [3.8, 4) is 0 Å². The van der Waals surface area contributed by atoms with Gasteiger partial charge in [-0.05, 0) is 116 Å². The minimum Gasteiger partial charge on any atom is -0.466 e. The van der Waals surface area contributed by atoms with Crippen molar-refractivity contribution in [1.82, 2.24) is 10.2 Å². The highest BCUT2D eigenvalue weighted by atomic mass is 19.1. The standard InChI is InChI=1S/C49H78F2N2O13/c1-12-37-47(10,63)41(59)30(6)53(25-26(2)23-46(9,62)40(58)28(4)39(57)29(5)42(60)65-37)19-13-17-52-18-15-38(56)66-49(43(61)64-11)27(3)20-32-33-22-35(50)34-21-31(54)14-16-44(34,7)48(33,51)36(55)24-45(32,49)8/h14,16,21,26-30,32-33,35-37,39-41,52,55,57-59,62-63H,12-13,15,17-20,22-25H2,1-11H3/t26-,27-,28+,29-,30-,32?,33?,35+,36+,37-,39+,40-,41-,44+,45+,46-,47-,48+,49+/m1/s1. The van der Waals surface area contributed by atoms with E-state index in [2.05, 4.69) is 5.32 Å². The van der Waals surface area contributed by atoms with Crippen molar-refractivity contribution in [2.24, 2.45) is 46.3 Å². The second kappa shape index (κ2) is 19.8. The highest BCUT2D eigenvalue weighted by Crippen LogP contribution is 2.71. The number of esters is 3. The number of halogens is 2. The van der Waals surface area contributed by atoms with Crippen LogP contribution in [0.4, 0.5) is 8.78 Å². The summed E-state index contributed by atoms with van der Waals surface area (Å²) in [5.74, 6) is -7.64. The van der Waals surface area contributed by atoms with E-state index in [4.69, 9.17) is 14.2 Å². The molecule has 19 atom stereocenters. The van der Waals surface area contributed by atoms with Crippen LogP contribution in [-0.4, -0.2) is 158 Å². The number of fused-ring (bicyclic) bond motifs is 5. The van der Waals surface area contributed by atoms with E-state index in [9.17, 15) is 49.8 Å². The number of alkyl halides is 2. The normalized spacial score (nSPS) is 47.0. The number of aliphatic hydroxyl groups is 6. The van der Waals surface area contributed by atoms with Gasteiger partial charge in [-0.2, -0.15) is 0 Å². The molecule has 0 radical (unpaired) electrons. The average Bonchev–Trinajstić information content (AvgIpc) is 3.47. The summed E-state index contributed by atoms with van der Waals surface area (Å²) in [6.45, 7) is 17.3. The molecule has 0 bridgehead atoms. The van der Waals surface area contributed by atoms with Gasteiger partial charge in [0.05, 0.1) is 43.4 Å². The molecular formula is C49H78F2N2O13. The van der Waals surface area contributed by atoms with Crippen molar-refractivity contribution < 1.29 is 72.8 Å². The minimum absolute atomic E-state index is 0.0180. The second-order valence-electron chi connectivity index (χ2n) is 21.5. The molecule has 5 rings (SSSR count). The number of methoxy groups -OCH3 is 1. The Morgan fingerprint density at radius 1 is 0.955 bits per heavy atom. The van der Waals surface area contributed by atoms with Gasteiger partial charge in [0, 0.05) is 47.7 Å². The predicted octanol–water partition coefficient (Wildman–Crippen LogP) is 3.29. The molecule has 15 nitrogen and oxygen atoms in total. The summed E-state index contributed by atoms with van der Waals surface area (Å²) in [5, 5.41) is 72.2. The van der Waals surface area contributed by atoms with E-state index >= 15 is 8.78 Å². The van der Waals surface area contributed by atoms with E-state index in [0.29, 0.717) is 26.1 Å². The van der Waals surface area contributed by atoms with Crippen molar-refractivity contribution in [1.29, 1.82) is 0 Å². The third-order valence-corrected chi connectivity index (χ3v) is 17.0. The van der Waals surface area contributed by atoms with Crippen LogP contribution >= 0.6 is 0 Å². The fourth-order valence-electron chi connectivity index (χ4n) is 13.2. The lowest BCUT2D eigenvalue weighted by Crippen LogP contribution is -2.71. The molecule has 0 aromatic carbocycles. The monoisotopic (exact) mass is 941 g/mol. The fourth-order valence-corrected chi connectivity index (χ4v) is 13.2. The molecule has 376 valence electrons. The summed E-state index contributed by atoms with van der Waals surface area (Å²) in [6.07, 6.45) is -4.94. The van der Waals surface area contributed by atoms with E-state index in [0.717, 1.165) is 6.08 Å². The van der Waals surface area contributed by atoms with E-state index < -0.39 is 129 Å². The predicted molar refractivity (Wildman–Crippen MR) is 239 cm³/mol. The van der Waals surface area contributed by atoms with Gasteiger partial charge in [-0.15, -0.1) is 0 Å². The number of rotatable bonds is 10. The van der Waals surface area contributed by atoms with Crippen LogP contribution in [-0.2, 0) is 33.4 Å². The van der Waals surface area contributed by atoms with Crippen molar-refractivity contribution >= 4 is 23.7 Å². The fraction of sp³-hybridized carbons (Fsp3) is 0.837. The lowest BCUT2D eigenvalue weighted by atomic mass is 9.44. The topological polar surface area (TPSA) is 233 Å². The zero-order valence-electron chi connectivity index (χ0n) is 40.8. The Balaban J connectivity index is 1.27. The van der Waals surface area contributed by atoms with Crippen molar-refractivity contribution in [2.75, 3.05) is 33.3 Å². The Labute approximate surface area is 388 Å². The highest BCUT2D eigenvalue weighted by molar-refractivity contribution is 6.01. The quantitative estimate of drug-likeness (QED) is 0.0947. The van der Waals surface area contributed by atoms with Crippen LogP contribution < -0.4 is 5.32 Å². The Morgan fingerprint density at radius 2 is 1.61 bits per heavy atom. The zero-order chi connectivity index (χ0) is 49.7. The molecule has 5 aliphatic rings. The molecule has 17 heteroatoms.